The van der Waals surface area contributed by atoms with Crippen molar-refractivity contribution in [2.45, 2.75) is 72.6 Å². The zero-order valence-electron chi connectivity index (χ0n) is 24.0. The number of benzene rings is 2. The Morgan fingerprint density at radius 3 is 2.34 bits per heavy atom. The molecule has 0 spiro atoms. The monoisotopic (exact) mass is 535 g/mol. The number of anilines is 2. The molecule has 206 valence electrons. The highest BCUT2D eigenvalue weighted by Crippen LogP contribution is 2.35. The third kappa shape index (κ3) is 9.09. The Kier molecular flexibility index (Phi) is 13.8. The van der Waals surface area contributed by atoms with Crippen LogP contribution in [-0.4, -0.2) is 38.2 Å². The molecule has 0 unspecified atom stereocenters. The summed E-state index contributed by atoms with van der Waals surface area (Å²) in [4.78, 5) is 28.5. The van der Waals surface area contributed by atoms with E-state index in [2.05, 4.69) is 47.4 Å². The molecule has 0 saturated heterocycles. The molecule has 38 heavy (non-hydrogen) atoms. The van der Waals surface area contributed by atoms with Crippen LogP contribution in [0.4, 0.5) is 10.8 Å². The van der Waals surface area contributed by atoms with Crippen LogP contribution in [0.5, 0.6) is 0 Å². The smallest absolute Gasteiger partial charge is 0.183 e. The number of aromatic nitrogens is 1. The first-order chi connectivity index (χ1) is 18.5. The molecule has 5 rings (SSSR count). The molecule has 0 bridgehead atoms. The average Bonchev–Trinajstić information content (AvgIpc) is 3.53. The van der Waals surface area contributed by atoms with Gasteiger partial charge in [0.15, 0.2) is 5.13 Å². The van der Waals surface area contributed by atoms with Gasteiger partial charge in [0.2, 0.25) is 0 Å². The molecule has 5 nitrogen and oxygen atoms in total. The van der Waals surface area contributed by atoms with Gasteiger partial charge in [-0.1, -0.05) is 76.3 Å². The molecule has 3 aromatic rings. The number of nitrogens with one attached hydrogen (secondary N) is 1. The fourth-order valence-corrected chi connectivity index (χ4v) is 5.55. The van der Waals surface area contributed by atoms with Crippen LogP contribution in [0.25, 0.3) is 11.3 Å². The van der Waals surface area contributed by atoms with Crippen molar-refractivity contribution < 1.29 is 9.59 Å². The van der Waals surface area contributed by atoms with Crippen LogP contribution in [0.2, 0.25) is 0 Å². The van der Waals surface area contributed by atoms with Gasteiger partial charge >= 0.3 is 0 Å². The number of thiazole rings is 1. The van der Waals surface area contributed by atoms with Crippen LogP contribution in [-0.2, 0) is 11.2 Å². The molecule has 1 N–H and O–H groups in total. The van der Waals surface area contributed by atoms with Gasteiger partial charge in [0.05, 0.1) is 5.69 Å². The third-order valence-corrected chi connectivity index (χ3v) is 7.95. The lowest BCUT2D eigenvalue weighted by molar-refractivity contribution is -0.108. The summed E-state index contributed by atoms with van der Waals surface area (Å²) in [7, 11) is 4.07. The number of fused-ring (bicyclic) bond motifs is 1. The second-order valence-electron chi connectivity index (χ2n) is 9.57. The molecule has 0 atom stereocenters. The van der Waals surface area contributed by atoms with Crippen molar-refractivity contribution >= 4 is 34.7 Å². The zero-order valence-corrected chi connectivity index (χ0v) is 24.9. The van der Waals surface area contributed by atoms with Gasteiger partial charge < -0.3 is 15.0 Å². The molecule has 2 aliphatic rings. The highest BCUT2D eigenvalue weighted by molar-refractivity contribution is 7.15. The fourth-order valence-electron chi connectivity index (χ4n) is 4.76. The number of aryl methyl sites for hydroxylation is 2. The van der Waals surface area contributed by atoms with E-state index in [1.165, 1.54) is 53.8 Å². The minimum absolute atomic E-state index is 0.733. The SMILES string of the molecule is CC.CNc1nc(-c2ccc3c(c2)CCN3C)c(C)s1.Cc1ccccc1C=O.O=CCC1CCCCC1. The largest absolute Gasteiger partial charge is 0.374 e. The maximum absolute atomic E-state index is 10.2. The molecular weight excluding hydrogens is 490 g/mol. The van der Waals surface area contributed by atoms with E-state index in [0.717, 1.165) is 59.8 Å². The third-order valence-electron chi connectivity index (χ3n) is 6.96. The Hall–Kier alpha value is -2.99. The maximum Gasteiger partial charge on any atom is 0.183 e. The van der Waals surface area contributed by atoms with Gasteiger partial charge in [-0.05, 0) is 49.4 Å². The van der Waals surface area contributed by atoms with Crippen molar-refractivity contribution in [3.8, 4) is 11.3 Å². The molecule has 1 aromatic heterocycles. The van der Waals surface area contributed by atoms with E-state index in [9.17, 15) is 9.59 Å². The number of hydrogen-bond acceptors (Lipinski definition) is 6. The summed E-state index contributed by atoms with van der Waals surface area (Å²) in [5, 5.41) is 4.10. The molecular formula is C32H45N3O2S. The summed E-state index contributed by atoms with van der Waals surface area (Å²) >= 11 is 1.71. The highest BCUT2D eigenvalue weighted by atomic mass is 32.1. The van der Waals surface area contributed by atoms with Gasteiger partial charge in [-0.3, -0.25) is 4.79 Å². The quantitative estimate of drug-likeness (QED) is 0.334. The molecule has 2 aromatic carbocycles. The Morgan fingerprint density at radius 2 is 1.76 bits per heavy atom. The van der Waals surface area contributed by atoms with E-state index in [1.807, 2.05) is 52.1 Å². The van der Waals surface area contributed by atoms with Crippen molar-refractivity contribution in [1.29, 1.82) is 0 Å². The van der Waals surface area contributed by atoms with Gasteiger partial charge in [-0.2, -0.15) is 0 Å². The molecule has 6 heteroatoms. The Balaban J connectivity index is 0.000000214. The normalized spacial score (nSPS) is 14.0. The second kappa shape index (κ2) is 16.8. The topological polar surface area (TPSA) is 62.3 Å². The van der Waals surface area contributed by atoms with Crippen LogP contribution < -0.4 is 10.2 Å². The van der Waals surface area contributed by atoms with Crippen LogP contribution >= 0.6 is 11.3 Å². The summed E-state index contributed by atoms with van der Waals surface area (Å²) in [5.41, 5.74) is 6.96. The first-order valence-corrected chi connectivity index (χ1v) is 14.7. The Morgan fingerprint density at radius 1 is 1.05 bits per heavy atom. The molecule has 0 amide bonds. The van der Waals surface area contributed by atoms with Crippen LogP contribution in [0, 0.1) is 19.8 Å². The van der Waals surface area contributed by atoms with Gasteiger partial charge in [0, 0.05) is 48.8 Å². The fraction of sp³-hybridized carbons (Fsp3) is 0.469. The van der Waals surface area contributed by atoms with Crippen LogP contribution in [0.15, 0.2) is 42.5 Å². The first-order valence-electron chi connectivity index (χ1n) is 13.9. The van der Waals surface area contributed by atoms with E-state index < -0.39 is 0 Å². The van der Waals surface area contributed by atoms with Crippen molar-refractivity contribution in [2.75, 3.05) is 30.9 Å². The lowest BCUT2D eigenvalue weighted by Gasteiger charge is -2.18. The van der Waals surface area contributed by atoms with Gasteiger partial charge in [0.25, 0.3) is 0 Å². The van der Waals surface area contributed by atoms with Crippen molar-refractivity contribution in [1.82, 2.24) is 4.98 Å². The van der Waals surface area contributed by atoms with Gasteiger partial charge in [-0.15, -0.1) is 11.3 Å². The lowest BCUT2D eigenvalue weighted by atomic mass is 9.87. The average molecular weight is 536 g/mol. The molecule has 1 aliphatic heterocycles. The number of nitrogens with zero attached hydrogens (tertiary/aromatic N) is 2. The summed E-state index contributed by atoms with van der Waals surface area (Å²) < 4.78 is 0. The van der Waals surface area contributed by atoms with E-state index in [0.29, 0.717) is 0 Å². The minimum Gasteiger partial charge on any atom is -0.374 e. The van der Waals surface area contributed by atoms with E-state index >= 15 is 0 Å². The number of rotatable bonds is 5. The number of carbonyl (C=O) groups excluding carboxylic acids is 2. The number of hydrogen-bond donors (Lipinski definition) is 1. The van der Waals surface area contributed by atoms with Gasteiger partial charge in [-0.25, -0.2) is 4.98 Å². The van der Waals surface area contributed by atoms with E-state index in [-0.39, 0.29) is 0 Å². The molecule has 1 aliphatic carbocycles. The second-order valence-corrected chi connectivity index (χ2v) is 10.8. The van der Waals surface area contributed by atoms with E-state index in [4.69, 9.17) is 0 Å². The Labute approximate surface area is 233 Å². The molecule has 1 fully saturated rings. The molecule has 2 heterocycles. The van der Waals surface area contributed by atoms with Crippen LogP contribution in [0.3, 0.4) is 0 Å². The lowest BCUT2D eigenvalue weighted by Crippen LogP contribution is -2.12. The summed E-state index contributed by atoms with van der Waals surface area (Å²) in [5.74, 6) is 0.733. The minimum atomic E-state index is 0.733. The van der Waals surface area contributed by atoms with E-state index in [1.54, 1.807) is 11.3 Å². The summed E-state index contributed by atoms with van der Waals surface area (Å²) in [6.45, 7) is 9.17. The highest BCUT2D eigenvalue weighted by Gasteiger charge is 2.17. The number of likely N-dealkylation sites (N-methyl/N-ethyl adjacent to an activating group) is 1. The van der Waals surface area contributed by atoms with Crippen molar-refractivity contribution in [2.24, 2.45) is 5.92 Å². The first kappa shape index (κ1) is 31.2. The standard InChI is InChI=1S/C14H17N3S.C8H8O.C8H14O.C2H6/c1-9-13(16-14(15-2)18-9)11-4-5-12-10(8-11)6-7-17(12)3;1-7-4-2-3-5-8(7)6-9;9-7-6-8-4-2-1-3-5-8;1-2/h4-5,8H,6-7H2,1-3H3,(H,15,16);2-6H,1H3;7-8H,1-6H2;1-2H3. The molecule has 0 radical (unpaired) electrons. The zero-order chi connectivity index (χ0) is 27.9. The molecule has 1 saturated carbocycles. The maximum atomic E-state index is 10.2. The predicted molar refractivity (Wildman–Crippen MR) is 164 cm³/mol. The van der Waals surface area contributed by atoms with Crippen LogP contribution in [0.1, 0.15) is 78.7 Å². The number of carbonyl (C=O) groups is 2. The van der Waals surface area contributed by atoms with Crippen molar-refractivity contribution in [3.63, 3.8) is 0 Å². The van der Waals surface area contributed by atoms with Crippen molar-refractivity contribution in [3.05, 3.63) is 64.0 Å². The van der Waals surface area contributed by atoms with Gasteiger partial charge in [0.1, 0.15) is 12.6 Å². The Bertz CT molecular complexity index is 1140. The predicted octanol–water partition coefficient (Wildman–Crippen LogP) is 8.14. The summed E-state index contributed by atoms with van der Waals surface area (Å²) in [6, 6.07) is 14.2. The summed E-state index contributed by atoms with van der Waals surface area (Å²) in [6.07, 6.45) is 10.5. The number of aldehydes is 2.